The first kappa shape index (κ1) is 16.0. The first-order chi connectivity index (χ1) is 9.52. The van der Waals surface area contributed by atoms with E-state index in [2.05, 4.69) is 37.2 Å². The van der Waals surface area contributed by atoms with Gasteiger partial charge in [0, 0.05) is 4.47 Å². The van der Waals surface area contributed by atoms with E-state index in [-0.39, 0.29) is 11.9 Å². The van der Waals surface area contributed by atoms with Gasteiger partial charge in [0.25, 0.3) is 0 Å². The van der Waals surface area contributed by atoms with E-state index in [0.29, 0.717) is 9.50 Å². The summed E-state index contributed by atoms with van der Waals surface area (Å²) < 4.78 is 14.7. The summed E-state index contributed by atoms with van der Waals surface area (Å²) in [5, 5.41) is 4.05. The van der Waals surface area contributed by atoms with Crippen molar-refractivity contribution in [2.45, 2.75) is 13.0 Å². The number of nitrogens with one attached hydrogen (secondary N) is 1. The van der Waals surface area contributed by atoms with E-state index < -0.39 is 0 Å². The SMILES string of the molecule is CCNC(c1ccc(Br)c(Cl)c1)c1ccc(F)c(Br)c1. The minimum absolute atomic E-state index is 0.0255. The van der Waals surface area contributed by atoms with Crippen molar-refractivity contribution in [3.63, 3.8) is 0 Å². The van der Waals surface area contributed by atoms with E-state index in [1.54, 1.807) is 12.1 Å². The second kappa shape index (κ2) is 7.03. The maximum Gasteiger partial charge on any atom is 0.137 e. The third-order valence-electron chi connectivity index (χ3n) is 2.96. The highest BCUT2D eigenvalue weighted by atomic mass is 79.9. The van der Waals surface area contributed by atoms with Crippen LogP contribution in [0.2, 0.25) is 5.02 Å². The highest BCUT2D eigenvalue weighted by Gasteiger charge is 2.15. The van der Waals surface area contributed by atoms with Crippen molar-refractivity contribution in [1.29, 1.82) is 0 Å². The lowest BCUT2D eigenvalue weighted by atomic mass is 9.98. The molecule has 0 bridgehead atoms. The van der Waals surface area contributed by atoms with E-state index >= 15 is 0 Å². The van der Waals surface area contributed by atoms with Crippen molar-refractivity contribution in [2.75, 3.05) is 6.54 Å². The second-order valence-electron chi connectivity index (χ2n) is 4.34. The van der Waals surface area contributed by atoms with Gasteiger partial charge >= 0.3 is 0 Å². The summed E-state index contributed by atoms with van der Waals surface area (Å²) in [7, 11) is 0. The molecule has 0 aromatic heterocycles. The van der Waals surface area contributed by atoms with Gasteiger partial charge in [0.2, 0.25) is 0 Å². The van der Waals surface area contributed by atoms with Crippen LogP contribution in [0, 0.1) is 5.82 Å². The summed E-state index contributed by atoms with van der Waals surface area (Å²) in [5.41, 5.74) is 2.03. The third kappa shape index (κ3) is 3.61. The standard InChI is InChI=1S/C15H13Br2ClFN/c1-2-20-15(9-4-6-14(19)12(17)7-9)10-3-5-11(16)13(18)8-10/h3-8,15,20H,2H2,1H3. The summed E-state index contributed by atoms with van der Waals surface area (Å²) in [5.74, 6) is -0.266. The molecule has 0 saturated heterocycles. The molecule has 2 aromatic rings. The van der Waals surface area contributed by atoms with Crippen LogP contribution in [0.4, 0.5) is 4.39 Å². The van der Waals surface area contributed by atoms with Crippen molar-refractivity contribution >= 4 is 43.5 Å². The first-order valence-electron chi connectivity index (χ1n) is 6.16. The van der Waals surface area contributed by atoms with Crippen LogP contribution in [0.5, 0.6) is 0 Å². The zero-order valence-electron chi connectivity index (χ0n) is 10.8. The van der Waals surface area contributed by atoms with E-state index in [1.807, 2.05) is 25.1 Å². The minimum atomic E-state index is -0.266. The van der Waals surface area contributed by atoms with Gasteiger partial charge in [0.05, 0.1) is 15.5 Å². The van der Waals surface area contributed by atoms with Crippen molar-refractivity contribution in [3.8, 4) is 0 Å². The van der Waals surface area contributed by atoms with Gasteiger partial charge in [-0.2, -0.15) is 0 Å². The summed E-state index contributed by atoms with van der Waals surface area (Å²) in [6, 6.07) is 10.8. The average Bonchev–Trinajstić information content (AvgIpc) is 2.43. The first-order valence-corrected chi connectivity index (χ1v) is 8.12. The fraction of sp³-hybridized carbons (Fsp3) is 0.200. The number of halogens is 4. The molecule has 0 heterocycles. The second-order valence-corrected chi connectivity index (χ2v) is 6.45. The van der Waals surface area contributed by atoms with Crippen LogP contribution < -0.4 is 5.32 Å². The van der Waals surface area contributed by atoms with Gasteiger partial charge in [-0.3, -0.25) is 0 Å². The summed E-state index contributed by atoms with van der Waals surface area (Å²) >= 11 is 12.8. The molecule has 1 atom stereocenters. The summed E-state index contributed by atoms with van der Waals surface area (Å²) in [6.45, 7) is 2.83. The predicted molar refractivity (Wildman–Crippen MR) is 88.8 cm³/mol. The highest BCUT2D eigenvalue weighted by molar-refractivity contribution is 9.10. The van der Waals surface area contributed by atoms with Gasteiger partial charge in [-0.05, 0) is 73.8 Å². The van der Waals surface area contributed by atoms with Crippen molar-refractivity contribution < 1.29 is 4.39 Å². The molecule has 1 N–H and O–H groups in total. The lowest BCUT2D eigenvalue weighted by molar-refractivity contribution is 0.608. The minimum Gasteiger partial charge on any atom is -0.307 e. The predicted octanol–water partition coefficient (Wildman–Crippen LogP) is 5.70. The van der Waals surface area contributed by atoms with Crippen LogP contribution in [-0.4, -0.2) is 6.54 Å². The molecule has 1 unspecified atom stereocenters. The van der Waals surface area contributed by atoms with Gasteiger partial charge in [-0.15, -0.1) is 0 Å². The van der Waals surface area contributed by atoms with Gasteiger partial charge in [0.1, 0.15) is 5.82 Å². The zero-order valence-corrected chi connectivity index (χ0v) is 14.7. The molecular weight excluding hydrogens is 408 g/mol. The van der Waals surface area contributed by atoms with E-state index in [1.165, 1.54) is 6.07 Å². The Labute approximate surface area is 139 Å². The normalized spacial score (nSPS) is 12.4. The lowest BCUT2D eigenvalue weighted by Crippen LogP contribution is -2.22. The van der Waals surface area contributed by atoms with Crippen LogP contribution >= 0.6 is 43.5 Å². The largest absolute Gasteiger partial charge is 0.307 e. The Morgan fingerprint density at radius 1 is 1.10 bits per heavy atom. The molecule has 106 valence electrons. The summed E-state index contributed by atoms with van der Waals surface area (Å²) in [6.07, 6.45) is 0. The number of hydrogen-bond acceptors (Lipinski definition) is 1. The Balaban J connectivity index is 2.44. The maximum atomic E-state index is 13.4. The highest BCUT2D eigenvalue weighted by Crippen LogP contribution is 2.30. The molecule has 5 heteroatoms. The number of rotatable bonds is 4. The average molecular weight is 422 g/mol. The van der Waals surface area contributed by atoms with E-state index in [9.17, 15) is 4.39 Å². The molecular formula is C15H13Br2ClFN. The fourth-order valence-corrected chi connectivity index (χ4v) is 2.85. The Kier molecular flexibility index (Phi) is 5.61. The molecule has 0 aliphatic carbocycles. The molecule has 0 spiro atoms. The Morgan fingerprint density at radius 2 is 1.75 bits per heavy atom. The van der Waals surface area contributed by atoms with Crippen molar-refractivity contribution in [2.24, 2.45) is 0 Å². The number of hydrogen-bond donors (Lipinski definition) is 1. The molecule has 0 aliphatic rings. The Hall–Kier alpha value is -0.420. The molecule has 0 aliphatic heterocycles. The topological polar surface area (TPSA) is 12.0 Å². The summed E-state index contributed by atoms with van der Waals surface area (Å²) in [4.78, 5) is 0. The quantitative estimate of drug-likeness (QED) is 0.667. The van der Waals surface area contributed by atoms with Crippen LogP contribution in [0.15, 0.2) is 45.3 Å². The lowest BCUT2D eigenvalue weighted by Gasteiger charge is -2.20. The van der Waals surface area contributed by atoms with Crippen LogP contribution in [-0.2, 0) is 0 Å². The molecule has 1 nitrogen and oxygen atoms in total. The molecule has 2 rings (SSSR count). The van der Waals surface area contributed by atoms with Gasteiger partial charge in [-0.25, -0.2) is 4.39 Å². The zero-order chi connectivity index (χ0) is 14.7. The molecule has 0 saturated carbocycles. The molecule has 2 aromatic carbocycles. The van der Waals surface area contributed by atoms with Crippen LogP contribution in [0.1, 0.15) is 24.1 Å². The van der Waals surface area contributed by atoms with E-state index in [4.69, 9.17) is 11.6 Å². The van der Waals surface area contributed by atoms with Gasteiger partial charge in [-0.1, -0.05) is 30.7 Å². The van der Waals surface area contributed by atoms with Crippen molar-refractivity contribution in [1.82, 2.24) is 5.32 Å². The number of benzene rings is 2. The van der Waals surface area contributed by atoms with Crippen LogP contribution in [0.25, 0.3) is 0 Å². The molecule has 0 fully saturated rings. The van der Waals surface area contributed by atoms with Crippen molar-refractivity contribution in [3.05, 3.63) is 67.3 Å². The fourth-order valence-electron chi connectivity index (χ4n) is 2.02. The molecule has 0 amide bonds. The third-order valence-corrected chi connectivity index (χ3v) is 4.80. The maximum absolute atomic E-state index is 13.4. The van der Waals surface area contributed by atoms with Gasteiger partial charge < -0.3 is 5.32 Å². The molecule has 20 heavy (non-hydrogen) atoms. The van der Waals surface area contributed by atoms with Gasteiger partial charge in [0.15, 0.2) is 0 Å². The monoisotopic (exact) mass is 419 g/mol. The van der Waals surface area contributed by atoms with Crippen LogP contribution in [0.3, 0.4) is 0 Å². The Bertz CT molecular complexity index is 567. The molecule has 0 radical (unpaired) electrons. The smallest absolute Gasteiger partial charge is 0.137 e. The van der Waals surface area contributed by atoms with E-state index in [0.717, 1.165) is 22.1 Å². The Morgan fingerprint density at radius 3 is 2.35 bits per heavy atom.